The van der Waals surface area contributed by atoms with Gasteiger partial charge in [-0.15, -0.1) is 10.2 Å². The number of aryl methyl sites for hydroxylation is 2. The van der Waals surface area contributed by atoms with Gasteiger partial charge in [0, 0.05) is 23.3 Å². The summed E-state index contributed by atoms with van der Waals surface area (Å²) in [6.45, 7) is 4.06. The van der Waals surface area contributed by atoms with E-state index >= 15 is 0 Å². The first kappa shape index (κ1) is 21.9. The number of rotatable bonds is 7. The van der Waals surface area contributed by atoms with Gasteiger partial charge in [0.1, 0.15) is 0 Å². The Hall–Kier alpha value is -2.84. The number of aromatic nitrogens is 3. The van der Waals surface area contributed by atoms with Crippen molar-refractivity contribution in [3.8, 4) is 0 Å². The molecule has 2 aromatic carbocycles. The zero-order valence-electron chi connectivity index (χ0n) is 16.9. The normalized spacial score (nSPS) is 10.7. The van der Waals surface area contributed by atoms with Gasteiger partial charge in [-0.05, 0) is 49.7 Å². The van der Waals surface area contributed by atoms with E-state index in [1.54, 1.807) is 35.9 Å². The molecule has 2 amide bonds. The molecule has 0 radical (unpaired) electrons. The van der Waals surface area contributed by atoms with E-state index in [9.17, 15) is 9.59 Å². The van der Waals surface area contributed by atoms with E-state index in [0.29, 0.717) is 21.6 Å². The molecular weight excluding hydrogens is 422 g/mol. The summed E-state index contributed by atoms with van der Waals surface area (Å²) in [6.07, 6.45) is 0. The van der Waals surface area contributed by atoms with Gasteiger partial charge < -0.3 is 15.2 Å². The molecule has 3 aromatic rings. The number of hydrogen-bond acceptors (Lipinski definition) is 5. The van der Waals surface area contributed by atoms with E-state index < -0.39 is 0 Å². The van der Waals surface area contributed by atoms with E-state index in [1.807, 2.05) is 32.0 Å². The monoisotopic (exact) mass is 443 g/mol. The largest absolute Gasteiger partial charge is 0.345 e. The zero-order chi connectivity index (χ0) is 21.7. The first-order valence-corrected chi connectivity index (χ1v) is 10.6. The summed E-state index contributed by atoms with van der Waals surface area (Å²) in [6, 6.07) is 12.7. The summed E-state index contributed by atoms with van der Waals surface area (Å²) in [5, 5.41) is 15.2. The van der Waals surface area contributed by atoms with Gasteiger partial charge in [-0.2, -0.15) is 0 Å². The van der Waals surface area contributed by atoms with E-state index in [0.717, 1.165) is 16.8 Å². The van der Waals surface area contributed by atoms with E-state index in [1.165, 1.54) is 11.8 Å². The van der Waals surface area contributed by atoms with Crippen molar-refractivity contribution in [2.24, 2.45) is 7.05 Å². The minimum Gasteiger partial charge on any atom is -0.345 e. The molecule has 2 N–H and O–H groups in total. The lowest BCUT2D eigenvalue weighted by atomic mass is 10.1. The van der Waals surface area contributed by atoms with Crippen LogP contribution in [0.5, 0.6) is 0 Å². The molecule has 0 fully saturated rings. The number of benzene rings is 2. The van der Waals surface area contributed by atoms with Gasteiger partial charge in [-0.3, -0.25) is 9.59 Å². The summed E-state index contributed by atoms with van der Waals surface area (Å²) < 4.78 is 1.77. The summed E-state index contributed by atoms with van der Waals surface area (Å²) in [7, 11) is 1.80. The highest BCUT2D eigenvalue weighted by Gasteiger charge is 2.13. The van der Waals surface area contributed by atoms with Crippen molar-refractivity contribution in [2.45, 2.75) is 25.5 Å². The SMILES string of the molecule is Cc1cccc(C(=O)NCc2nnc(SCC(=O)Nc3ccc(Cl)cc3C)n2C)c1. The number of thioether (sulfide) groups is 1. The van der Waals surface area contributed by atoms with Gasteiger partial charge in [0.15, 0.2) is 11.0 Å². The number of carbonyl (C=O) groups excluding carboxylic acids is 2. The molecule has 0 bridgehead atoms. The Morgan fingerprint density at radius 3 is 2.67 bits per heavy atom. The molecule has 0 atom stereocenters. The number of nitrogens with one attached hydrogen (secondary N) is 2. The lowest BCUT2D eigenvalue weighted by molar-refractivity contribution is -0.113. The topological polar surface area (TPSA) is 88.9 Å². The Balaban J connectivity index is 1.53. The molecule has 156 valence electrons. The van der Waals surface area contributed by atoms with Gasteiger partial charge >= 0.3 is 0 Å². The van der Waals surface area contributed by atoms with Crippen molar-refractivity contribution >= 4 is 40.9 Å². The van der Waals surface area contributed by atoms with Crippen LogP contribution < -0.4 is 10.6 Å². The molecule has 0 aliphatic heterocycles. The zero-order valence-corrected chi connectivity index (χ0v) is 18.5. The average molecular weight is 444 g/mol. The maximum absolute atomic E-state index is 12.3. The van der Waals surface area contributed by atoms with Crippen LogP contribution in [-0.4, -0.2) is 32.3 Å². The Morgan fingerprint density at radius 2 is 1.93 bits per heavy atom. The standard InChI is InChI=1S/C21H22ClN5O2S/c1-13-5-4-6-15(9-13)20(29)23-11-18-25-26-21(27(18)3)30-12-19(28)24-17-8-7-16(22)10-14(17)2/h4-10H,11-12H2,1-3H3,(H,23,29)(H,24,28). The third kappa shape index (κ3) is 5.61. The van der Waals surface area contributed by atoms with E-state index in [-0.39, 0.29) is 24.1 Å². The molecule has 3 rings (SSSR count). The highest BCUT2D eigenvalue weighted by molar-refractivity contribution is 7.99. The summed E-state index contributed by atoms with van der Waals surface area (Å²) in [5.41, 5.74) is 3.24. The van der Waals surface area contributed by atoms with Crippen molar-refractivity contribution in [2.75, 3.05) is 11.1 Å². The minimum atomic E-state index is -0.173. The summed E-state index contributed by atoms with van der Waals surface area (Å²) >= 11 is 7.22. The lowest BCUT2D eigenvalue weighted by Crippen LogP contribution is -2.24. The van der Waals surface area contributed by atoms with Crippen LogP contribution in [0.1, 0.15) is 27.3 Å². The number of nitrogens with zero attached hydrogens (tertiary/aromatic N) is 3. The Morgan fingerprint density at radius 1 is 1.13 bits per heavy atom. The van der Waals surface area contributed by atoms with Crippen LogP contribution in [0.2, 0.25) is 5.02 Å². The third-order valence-corrected chi connectivity index (χ3v) is 5.66. The third-order valence-electron chi connectivity index (χ3n) is 4.41. The molecule has 0 saturated heterocycles. The highest BCUT2D eigenvalue weighted by Crippen LogP contribution is 2.21. The Bertz CT molecular complexity index is 1080. The summed E-state index contributed by atoms with van der Waals surface area (Å²) in [5.74, 6) is 0.466. The first-order valence-electron chi connectivity index (χ1n) is 9.25. The van der Waals surface area contributed by atoms with Crippen molar-refractivity contribution < 1.29 is 9.59 Å². The fraction of sp³-hybridized carbons (Fsp3) is 0.238. The predicted molar refractivity (Wildman–Crippen MR) is 119 cm³/mol. The molecule has 0 unspecified atom stereocenters. The second-order valence-corrected chi connectivity index (χ2v) is 8.19. The maximum atomic E-state index is 12.3. The van der Waals surface area contributed by atoms with Gasteiger partial charge in [-0.25, -0.2) is 0 Å². The second kappa shape index (κ2) is 9.77. The number of hydrogen-bond donors (Lipinski definition) is 2. The van der Waals surface area contributed by atoms with Gasteiger partial charge in [0.05, 0.1) is 12.3 Å². The quantitative estimate of drug-likeness (QED) is 0.543. The molecule has 1 aromatic heterocycles. The molecule has 7 nitrogen and oxygen atoms in total. The molecule has 0 aliphatic rings. The van der Waals surface area contributed by atoms with Crippen LogP contribution in [0.3, 0.4) is 0 Å². The maximum Gasteiger partial charge on any atom is 0.251 e. The molecule has 1 heterocycles. The molecule has 9 heteroatoms. The summed E-state index contributed by atoms with van der Waals surface area (Å²) in [4.78, 5) is 24.6. The van der Waals surface area contributed by atoms with Crippen molar-refractivity contribution in [1.82, 2.24) is 20.1 Å². The van der Waals surface area contributed by atoms with E-state index in [2.05, 4.69) is 20.8 Å². The van der Waals surface area contributed by atoms with Crippen LogP contribution in [0.15, 0.2) is 47.6 Å². The van der Waals surface area contributed by atoms with Gasteiger partial charge in [0.2, 0.25) is 5.91 Å². The smallest absolute Gasteiger partial charge is 0.251 e. The van der Waals surface area contributed by atoms with Crippen LogP contribution in [-0.2, 0) is 18.4 Å². The minimum absolute atomic E-state index is 0.150. The number of halogens is 1. The van der Waals surface area contributed by atoms with Crippen molar-refractivity contribution in [3.63, 3.8) is 0 Å². The van der Waals surface area contributed by atoms with Gasteiger partial charge in [-0.1, -0.05) is 41.1 Å². The van der Waals surface area contributed by atoms with Crippen LogP contribution in [0, 0.1) is 13.8 Å². The van der Waals surface area contributed by atoms with Crippen LogP contribution in [0.25, 0.3) is 0 Å². The first-order chi connectivity index (χ1) is 14.3. The van der Waals surface area contributed by atoms with Crippen molar-refractivity contribution in [3.05, 3.63) is 70.0 Å². The lowest BCUT2D eigenvalue weighted by Gasteiger charge is -2.09. The fourth-order valence-corrected chi connectivity index (χ4v) is 3.71. The fourth-order valence-electron chi connectivity index (χ4n) is 2.76. The van der Waals surface area contributed by atoms with Crippen LogP contribution in [0.4, 0.5) is 5.69 Å². The van der Waals surface area contributed by atoms with E-state index in [4.69, 9.17) is 11.6 Å². The average Bonchev–Trinajstić information content (AvgIpc) is 3.06. The molecular formula is C21H22ClN5O2S. The Labute approximate surface area is 184 Å². The number of carbonyl (C=O) groups is 2. The molecule has 0 saturated carbocycles. The Kier molecular flexibility index (Phi) is 7.12. The molecule has 0 aliphatic carbocycles. The predicted octanol–water partition coefficient (Wildman–Crippen LogP) is 3.75. The molecule has 0 spiro atoms. The second-order valence-electron chi connectivity index (χ2n) is 6.81. The van der Waals surface area contributed by atoms with Gasteiger partial charge in [0.25, 0.3) is 5.91 Å². The van der Waals surface area contributed by atoms with Crippen molar-refractivity contribution in [1.29, 1.82) is 0 Å². The molecule has 30 heavy (non-hydrogen) atoms. The number of amides is 2. The number of anilines is 1. The van der Waals surface area contributed by atoms with Crippen LogP contribution >= 0.6 is 23.4 Å². The highest BCUT2D eigenvalue weighted by atomic mass is 35.5.